The van der Waals surface area contributed by atoms with Crippen LogP contribution in [-0.2, 0) is 9.47 Å². The van der Waals surface area contributed by atoms with Crippen molar-refractivity contribution in [2.75, 3.05) is 52.9 Å². The van der Waals surface area contributed by atoms with Gasteiger partial charge in [-0.15, -0.1) is 0 Å². The van der Waals surface area contributed by atoms with Crippen LogP contribution in [0.4, 0.5) is 22.7 Å². The van der Waals surface area contributed by atoms with Crippen molar-refractivity contribution in [2.45, 2.75) is 0 Å². The highest BCUT2D eigenvalue weighted by molar-refractivity contribution is 5.91. The van der Waals surface area contributed by atoms with Crippen LogP contribution in [0.5, 0.6) is 46.0 Å². The lowest BCUT2D eigenvalue weighted by Crippen LogP contribution is -2.15. The van der Waals surface area contributed by atoms with Crippen LogP contribution in [0.25, 0.3) is 0 Å². The Labute approximate surface area is 358 Å². The molecule has 0 atom stereocenters. The fraction of sp³-hybridized carbons (Fsp3) is 0.167. The molecule has 1 aliphatic heterocycles. The van der Waals surface area contributed by atoms with E-state index in [1.54, 1.807) is 121 Å². The second-order valence-electron chi connectivity index (χ2n) is 13.5. The summed E-state index contributed by atoms with van der Waals surface area (Å²) in [6.45, 7) is 1.42. The molecule has 0 spiro atoms. The molecule has 0 radical (unpaired) electrons. The first-order valence-corrected chi connectivity index (χ1v) is 19.7. The molecule has 0 bridgehead atoms. The fourth-order valence-corrected chi connectivity index (χ4v) is 5.93. The monoisotopic (exact) mass is 836 g/mol. The first kappa shape index (κ1) is 42.4. The maximum absolute atomic E-state index is 10.4. The molecule has 0 aromatic heterocycles. The molecule has 0 saturated heterocycles. The van der Waals surface area contributed by atoms with Crippen LogP contribution in [0.15, 0.2) is 141 Å². The number of nitrogens with zero attached hydrogens (tertiary/aromatic N) is 4. The molecule has 4 N–H and O–H groups in total. The highest BCUT2D eigenvalue weighted by Gasteiger charge is 2.16. The fourth-order valence-electron chi connectivity index (χ4n) is 5.93. The van der Waals surface area contributed by atoms with Gasteiger partial charge in [-0.05, 0) is 48.5 Å². The lowest BCUT2D eigenvalue weighted by molar-refractivity contribution is 0.0641. The lowest BCUT2D eigenvalue weighted by Gasteiger charge is -2.17. The van der Waals surface area contributed by atoms with Crippen LogP contribution in [-0.4, -0.2) is 98.1 Å². The molecule has 1 heterocycles. The number of aliphatic imine (C=N–C) groups is 4. The molecule has 7 rings (SSSR count). The second-order valence-corrected chi connectivity index (χ2v) is 13.5. The van der Waals surface area contributed by atoms with Gasteiger partial charge in [-0.3, -0.25) is 20.0 Å². The topological polar surface area (TPSA) is 186 Å². The average molecular weight is 837 g/mol. The third-order valence-corrected chi connectivity index (χ3v) is 9.14. The zero-order valence-electron chi connectivity index (χ0n) is 33.5. The maximum atomic E-state index is 10.4. The molecule has 0 aliphatic carbocycles. The van der Waals surface area contributed by atoms with Gasteiger partial charge < -0.3 is 48.8 Å². The molecule has 62 heavy (non-hydrogen) atoms. The van der Waals surface area contributed by atoms with E-state index in [4.69, 9.17) is 28.4 Å². The number of aromatic hydroxyl groups is 4. The molecule has 316 valence electrons. The van der Waals surface area contributed by atoms with E-state index in [2.05, 4.69) is 20.0 Å². The summed E-state index contributed by atoms with van der Waals surface area (Å²) in [5, 5.41) is 41.5. The van der Waals surface area contributed by atoms with Crippen molar-refractivity contribution >= 4 is 47.6 Å². The normalized spacial score (nSPS) is 14.3. The van der Waals surface area contributed by atoms with E-state index in [0.29, 0.717) is 68.0 Å². The third kappa shape index (κ3) is 11.7. The van der Waals surface area contributed by atoms with Crippen molar-refractivity contribution in [1.29, 1.82) is 0 Å². The van der Waals surface area contributed by atoms with Gasteiger partial charge in [0.15, 0.2) is 23.0 Å². The first-order valence-electron chi connectivity index (χ1n) is 19.7. The molecule has 6 aromatic rings. The maximum Gasteiger partial charge on any atom is 0.163 e. The molecule has 1 aliphatic rings. The highest BCUT2D eigenvalue weighted by atomic mass is 16.6. The largest absolute Gasteiger partial charge is 0.507 e. The minimum Gasteiger partial charge on any atom is -0.507 e. The summed E-state index contributed by atoms with van der Waals surface area (Å²) in [6.07, 6.45) is 6.12. The third-order valence-electron chi connectivity index (χ3n) is 9.14. The van der Waals surface area contributed by atoms with Crippen LogP contribution in [0.2, 0.25) is 0 Å². The van der Waals surface area contributed by atoms with Crippen molar-refractivity contribution < 1.29 is 48.8 Å². The molecule has 0 amide bonds. The minimum absolute atomic E-state index is 0.0689. The standard InChI is InChI=1S/C48H44N4O10/c53-41-13-5-1-9-33(41)29-49-37-25-45-46(26-38(37)50-30-34-10-2-6-14-42(34)54)60-22-18-58-20-24-62-48-28-40(52-32-36-12-4-8-16-44(36)56)39(51-31-35-11-3-7-15-43(35)55)27-47(48)61-23-19-57-17-21-59-45/h1-16,25-32,53-56H,17-24H2. The number of hydrogen-bond donors (Lipinski definition) is 4. The Balaban J connectivity index is 1.11. The van der Waals surface area contributed by atoms with Crippen LogP contribution in [0, 0.1) is 0 Å². The van der Waals surface area contributed by atoms with E-state index in [1.807, 2.05) is 0 Å². The summed E-state index contributed by atoms with van der Waals surface area (Å²) < 4.78 is 36.5. The molecule has 0 saturated carbocycles. The predicted octanol–water partition coefficient (Wildman–Crippen LogP) is 8.77. The van der Waals surface area contributed by atoms with Crippen LogP contribution in [0.1, 0.15) is 22.3 Å². The summed E-state index contributed by atoms with van der Waals surface area (Å²) in [5.41, 5.74) is 3.70. The van der Waals surface area contributed by atoms with Crippen molar-refractivity contribution in [3.63, 3.8) is 0 Å². The van der Waals surface area contributed by atoms with Gasteiger partial charge in [-0.2, -0.15) is 0 Å². The number of rotatable bonds is 8. The first-order chi connectivity index (χ1) is 30.4. The molecule has 14 heteroatoms. The summed E-state index contributed by atoms with van der Waals surface area (Å²) in [5.74, 6) is 1.80. The zero-order chi connectivity index (χ0) is 42.9. The Morgan fingerprint density at radius 2 is 0.548 bits per heavy atom. The van der Waals surface area contributed by atoms with E-state index in [9.17, 15) is 20.4 Å². The minimum atomic E-state index is 0.0689. The number of fused-ring (bicyclic) bond motifs is 2. The Kier molecular flexibility index (Phi) is 14.7. The van der Waals surface area contributed by atoms with E-state index in [1.165, 1.54) is 24.9 Å². The van der Waals surface area contributed by atoms with Crippen molar-refractivity contribution in [2.24, 2.45) is 20.0 Å². The van der Waals surface area contributed by atoms with Crippen LogP contribution >= 0.6 is 0 Å². The zero-order valence-corrected chi connectivity index (χ0v) is 33.5. The summed E-state index contributed by atoms with van der Waals surface area (Å²) in [7, 11) is 0. The van der Waals surface area contributed by atoms with E-state index in [0.717, 1.165) is 0 Å². The van der Waals surface area contributed by atoms with Gasteiger partial charge >= 0.3 is 0 Å². The van der Waals surface area contributed by atoms with Gasteiger partial charge in [-0.25, -0.2) is 0 Å². The average Bonchev–Trinajstić information content (AvgIpc) is 3.28. The molecular formula is C48H44N4O10. The van der Waals surface area contributed by atoms with Gasteiger partial charge in [-0.1, -0.05) is 48.5 Å². The molecule has 0 fully saturated rings. The van der Waals surface area contributed by atoms with Gasteiger partial charge in [0, 0.05) is 71.4 Å². The number of phenols is 4. The van der Waals surface area contributed by atoms with E-state index >= 15 is 0 Å². The van der Waals surface area contributed by atoms with Gasteiger partial charge in [0.25, 0.3) is 0 Å². The Morgan fingerprint density at radius 3 is 0.774 bits per heavy atom. The van der Waals surface area contributed by atoms with E-state index in [-0.39, 0.29) is 75.9 Å². The number of ether oxygens (including phenoxy) is 6. The predicted molar refractivity (Wildman–Crippen MR) is 238 cm³/mol. The van der Waals surface area contributed by atoms with Gasteiger partial charge in [0.05, 0.1) is 49.2 Å². The quantitative estimate of drug-likeness (QED) is 0.108. The Bertz CT molecular complexity index is 2230. The molecule has 14 nitrogen and oxygen atoms in total. The summed E-state index contributed by atoms with van der Waals surface area (Å²) >= 11 is 0. The molecule has 0 unspecified atom stereocenters. The van der Waals surface area contributed by atoms with Crippen LogP contribution < -0.4 is 18.9 Å². The van der Waals surface area contributed by atoms with Crippen molar-refractivity contribution in [3.05, 3.63) is 144 Å². The van der Waals surface area contributed by atoms with Gasteiger partial charge in [0.2, 0.25) is 0 Å². The molecule has 6 aromatic carbocycles. The number of phenolic OH excluding ortho intramolecular Hbond substituents is 4. The summed E-state index contributed by atoms with van der Waals surface area (Å²) in [6, 6.07) is 34.1. The summed E-state index contributed by atoms with van der Waals surface area (Å²) in [4.78, 5) is 18.6. The van der Waals surface area contributed by atoms with E-state index < -0.39 is 0 Å². The highest BCUT2D eigenvalue weighted by Crippen LogP contribution is 2.42. The molecular weight excluding hydrogens is 793 g/mol. The van der Waals surface area contributed by atoms with Crippen molar-refractivity contribution in [1.82, 2.24) is 0 Å². The smallest absolute Gasteiger partial charge is 0.163 e. The second kappa shape index (κ2) is 21.5. The Hall–Kier alpha value is -7.68. The Morgan fingerprint density at radius 1 is 0.323 bits per heavy atom. The van der Waals surface area contributed by atoms with Gasteiger partial charge in [0.1, 0.15) is 49.4 Å². The SMILES string of the molecule is Oc1ccccc1C=Nc1cc2c(cc1N=Cc1ccccc1O)OCCOCCOc1cc(N=Cc3ccccc3O)c(N=Cc3ccccc3O)cc1OCCOCCO2. The number of para-hydroxylation sites is 4. The van der Waals surface area contributed by atoms with Crippen LogP contribution in [0.3, 0.4) is 0 Å². The number of benzene rings is 6. The number of hydrogen-bond acceptors (Lipinski definition) is 14. The van der Waals surface area contributed by atoms with Crippen molar-refractivity contribution in [3.8, 4) is 46.0 Å². The lowest BCUT2D eigenvalue weighted by atomic mass is 10.2.